The molecule has 7 nitrogen and oxygen atoms in total. The summed E-state index contributed by atoms with van der Waals surface area (Å²) in [5, 5.41) is 5.67. The van der Waals surface area contributed by atoms with Crippen LogP contribution >= 0.6 is 11.6 Å². The molecule has 12 heteroatoms. The first-order valence-corrected chi connectivity index (χ1v) is 9.30. The van der Waals surface area contributed by atoms with Crippen molar-refractivity contribution in [1.82, 2.24) is 10.3 Å². The number of ether oxygens (including phenoxy) is 1. The minimum absolute atomic E-state index is 0.0266. The lowest BCUT2D eigenvalue weighted by molar-refractivity contribution is -0.137. The van der Waals surface area contributed by atoms with Crippen molar-refractivity contribution in [2.75, 3.05) is 17.6 Å². The van der Waals surface area contributed by atoms with E-state index in [1.165, 1.54) is 12.1 Å². The van der Waals surface area contributed by atoms with Gasteiger partial charge in [0.05, 0.1) is 10.6 Å². The quantitative estimate of drug-likeness (QED) is 0.405. The van der Waals surface area contributed by atoms with Crippen molar-refractivity contribution in [1.29, 1.82) is 0 Å². The highest BCUT2D eigenvalue weighted by molar-refractivity contribution is 6.31. The Labute approximate surface area is 193 Å². The lowest BCUT2D eigenvalue weighted by Crippen LogP contribution is -2.20. The minimum atomic E-state index is -4.72. The van der Waals surface area contributed by atoms with Crippen LogP contribution in [0.1, 0.15) is 20.2 Å². The number of amides is 3. The molecule has 2 aromatic carbocycles. The fourth-order valence-electron chi connectivity index (χ4n) is 2.56. The first kappa shape index (κ1) is 19.8. The molecule has 0 saturated heterocycles. The number of alkyl halides is 3. The molecule has 1 heterocycles. The van der Waals surface area contributed by atoms with E-state index >= 15 is 0 Å². The lowest BCUT2D eigenvalue weighted by Gasteiger charge is -2.13. The van der Waals surface area contributed by atoms with Crippen LogP contribution in [0.3, 0.4) is 0 Å². The van der Waals surface area contributed by atoms with E-state index in [9.17, 15) is 27.2 Å². The third-order valence-corrected chi connectivity index (χ3v) is 4.35. The fourth-order valence-corrected chi connectivity index (χ4v) is 2.79. The molecule has 3 N–H and O–H groups in total. The van der Waals surface area contributed by atoms with Gasteiger partial charge >= 0.3 is 12.2 Å². The number of anilines is 2. The van der Waals surface area contributed by atoms with Crippen LogP contribution in [0, 0.1) is 5.82 Å². The number of rotatable bonds is 5. The van der Waals surface area contributed by atoms with E-state index in [0.717, 1.165) is 36.5 Å². The number of hydrogen-bond donors (Lipinski definition) is 3. The average Bonchev–Trinajstić information content (AvgIpc) is 2.75. The number of carbonyl (C=O) groups excluding carboxylic acids is 2. The van der Waals surface area contributed by atoms with Crippen molar-refractivity contribution in [2.45, 2.75) is 6.18 Å². The summed E-state index contributed by atoms with van der Waals surface area (Å²) >= 11 is 5.54. The molecule has 0 unspecified atom stereocenters. The van der Waals surface area contributed by atoms with E-state index < -0.39 is 41.5 Å². The van der Waals surface area contributed by atoms with Crippen molar-refractivity contribution < 1.29 is 36.0 Å². The monoisotopic (exact) mass is 485 g/mol. The molecule has 0 aliphatic rings. The Bertz CT molecular complexity index is 1310. The second-order valence-corrected chi connectivity index (χ2v) is 6.76. The molecule has 3 aromatic rings. The molecular weight excluding hydrogens is 468 g/mol. The van der Waals surface area contributed by atoms with Gasteiger partial charge in [-0.15, -0.1) is 0 Å². The Morgan fingerprint density at radius 1 is 1.06 bits per heavy atom. The van der Waals surface area contributed by atoms with Gasteiger partial charge in [0.15, 0.2) is 11.6 Å². The molecule has 172 valence electrons. The second-order valence-electron chi connectivity index (χ2n) is 6.35. The van der Waals surface area contributed by atoms with Gasteiger partial charge in [0.1, 0.15) is 11.4 Å². The highest BCUT2D eigenvalue weighted by Gasteiger charge is 2.33. The molecule has 0 spiro atoms. The van der Waals surface area contributed by atoms with Crippen LogP contribution in [0.25, 0.3) is 0 Å². The molecule has 3 rings (SSSR count). The molecule has 0 aliphatic carbocycles. The maximum atomic E-state index is 14.5. The molecule has 0 fully saturated rings. The summed E-state index contributed by atoms with van der Waals surface area (Å²) in [6.07, 6.45) is -3.57. The maximum Gasteiger partial charge on any atom is 0.417 e. The summed E-state index contributed by atoms with van der Waals surface area (Å²) in [4.78, 5) is 27.8. The zero-order valence-corrected chi connectivity index (χ0v) is 17.0. The third kappa shape index (κ3) is 6.10. The SMILES string of the molecule is [2H]C([2H])([2H])NC(=O)c1cc(Oc2ccc(NC(=O)Nc3ccc(Cl)c(C(F)(F)F)c3)cc2F)ccn1. The molecule has 0 atom stereocenters. The van der Waals surface area contributed by atoms with E-state index in [1.807, 2.05) is 0 Å². The molecule has 3 amide bonds. The zero-order valence-electron chi connectivity index (χ0n) is 19.3. The lowest BCUT2D eigenvalue weighted by atomic mass is 10.2. The van der Waals surface area contributed by atoms with E-state index in [-0.39, 0.29) is 28.6 Å². The number of hydrogen-bond acceptors (Lipinski definition) is 4. The van der Waals surface area contributed by atoms with Crippen LogP contribution in [0.2, 0.25) is 5.02 Å². The molecular formula is C21H15ClF4N4O3. The number of nitrogens with zero attached hydrogens (tertiary/aromatic N) is 1. The summed E-state index contributed by atoms with van der Waals surface area (Å²) in [5.41, 5.74) is -1.66. The van der Waals surface area contributed by atoms with E-state index in [1.54, 1.807) is 5.32 Å². The number of benzene rings is 2. The van der Waals surface area contributed by atoms with Crippen LogP contribution in [-0.4, -0.2) is 23.9 Å². The summed E-state index contributed by atoms with van der Waals surface area (Å²) in [7, 11) is 0. The Balaban J connectivity index is 1.67. The standard InChI is InChI=1S/C21H15ClF4N4O3/c1-27-19(31)17-10-13(6-7-28-17)33-18-5-3-12(9-16(18)23)30-20(32)29-11-2-4-15(22)14(8-11)21(24,25)26/h2-10H,1H3,(H,27,31)(H2,29,30,32)/i1D3. The van der Waals surface area contributed by atoms with E-state index in [0.29, 0.717) is 6.07 Å². The molecule has 0 radical (unpaired) electrons. The van der Waals surface area contributed by atoms with Crippen molar-refractivity contribution in [3.63, 3.8) is 0 Å². The molecule has 1 aromatic heterocycles. The number of aromatic nitrogens is 1. The van der Waals surface area contributed by atoms with Gasteiger partial charge in [-0.3, -0.25) is 9.78 Å². The first-order chi connectivity index (χ1) is 16.7. The Morgan fingerprint density at radius 3 is 2.42 bits per heavy atom. The first-order valence-electron chi connectivity index (χ1n) is 10.4. The summed E-state index contributed by atoms with van der Waals surface area (Å²) in [6, 6.07) is 7.54. The molecule has 0 bridgehead atoms. The Hall–Kier alpha value is -3.86. The van der Waals surface area contributed by atoms with Crippen LogP contribution < -0.4 is 20.7 Å². The van der Waals surface area contributed by atoms with Gasteiger partial charge in [0.2, 0.25) is 0 Å². The van der Waals surface area contributed by atoms with Crippen molar-refractivity contribution >= 4 is 34.9 Å². The highest BCUT2D eigenvalue weighted by atomic mass is 35.5. The zero-order chi connectivity index (χ0) is 26.7. The fraction of sp³-hybridized carbons (Fsp3) is 0.0952. The highest BCUT2D eigenvalue weighted by Crippen LogP contribution is 2.36. The summed E-state index contributed by atoms with van der Waals surface area (Å²) in [6.45, 7) is -2.73. The predicted octanol–water partition coefficient (Wildman–Crippen LogP) is 5.69. The Kier molecular flexibility index (Phi) is 5.84. The molecule has 33 heavy (non-hydrogen) atoms. The number of halogens is 5. The van der Waals surface area contributed by atoms with E-state index in [2.05, 4.69) is 15.6 Å². The maximum absolute atomic E-state index is 14.5. The minimum Gasteiger partial charge on any atom is -0.454 e. The largest absolute Gasteiger partial charge is 0.454 e. The second kappa shape index (κ2) is 9.74. The number of pyridine rings is 1. The van der Waals surface area contributed by atoms with Crippen LogP contribution in [0.15, 0.2) is 54.7 Å². The summed E-state index contributed by atoms with van der Waals surface area (Å²) in [5.74, 6) is -2.25. The van der Waals surface area contributed by atoms with Gasteiger partial charge in [-0.1, -0.05) is 11.6 Å². The topological polar surface area (TPSA) is 92.4 Å². The van der Waals surface area contributed by atoms with Crippen LogP contribution in [0.5, 0.6) is 11.5 Å². The summed E-state index contributed by atoms with van der Waals surface area (Å²) < 4.78 is 79.9. The number of nitrogens with one attached hydrogen (secondary N) is 3. The van der Waals surface area contributed by atoms with Crippen molar-refractivity contribution in [3.05, 3.63) is 76.8 Å². The Morgan fingerprint density at radius 2 is 1.76 bits per heavy atom. The molecule has 0 saturated carbocycles. The van der Waals surface area contributed by atoms with Gasteiger partial charge in [-0.2, -0.15) is 13.2 Å². The van der Waals surface area contributed by atoms with Crippen molar-refractivity contribution in [2.24, 2.45) is 0 Å². The normalized spacial score (nSPS) is 12.7. The van der Waals surface area contributed by atoms with Gasteiger partial charge in [-0.05, 0) is 36.4 Å². The molecule has 0 aliphatic heterocycles. The van der Waals surface area contributed by atoms with Crippen LogP contribution in [0.4, 0.5) is 33.7 Å². The predicted molar refractivity (Wildman–Crippen MR) is 113 cm³/mol. The average molecular weight is 486 g/mol. The number of urea groups is 1. The van der Waals surface area contributed by atoms with Gasteiger partial charge in [0.25, 0.3) is 5.91 Å². The third-order valence-electron chi connectivity index (χ3n) is 4.02. The van der Waals surface area contributed by atoms with Crippen LogP contribution in [-0.2, 0) is 6.18 Å². The van der Waals surface area contributed by atoms with Crippen molar-refractivity contribution in [3.8, 4) is 11.5 Å². The van der Waals surface area contributed by atoms with Gasteiger partial charge in [-0.25, -0.2) is 9.18 Å². The van der Waals surface area contributed by atoms with Gasteiger partial charge in [0, 0.05) is 40.8 Å². The smallest absolute Gasteiger partial charge is 0.417 e. The van der Waals surface area contributed by atoms with E-state index in [4.69, 9.17) is 20.5 Å². The number of carbonyl (C=O) groups is 2. The van der Waals surface area contributed by atoms with Gasteiger partial charge < -0.3 is 20.7 Å².